The van der Waals surface area contributed by atoms with Crippen molar-refractivity contribution in [2.75, 3.05) is 13.7 Å². The lowest BCUT2D eigenvalue weighted by atomic mass is 9.90. The van der Waals surface area contributed by atoms with Crippen LogP contribution in [0, 0.1) is 0 Å². The SMILES string of the molecule is COc1ccc(-c2cccnc2)cc1CN1CCC[C@H](N)[C@@H]1c1ccccc1. The molecule has 1 aliphatic heterocycles. The third-order valence-corrected chi connectivity index (χ3v) is 5.57. The van der Waals surface area contributed by atoms with Crippen LogP contribution in [-0.2, 0) is 6.54 Å². The van der Waals surface area contributed by atoms with E-state index in [1.807, 2.05) is 12.3 Å². The minimum absolute atomic E-state index is 0.142. The van der Waals surface area contributed by atoms with Crippen LogP contribution in [0.1, 0.15) is 30.0 Å². The van der Waals surface area contributed by atoms with Gasteiger partial charge in [0.15, 0.2) is 0 Å². The number of aromatic nitrogens is 1. The van der Waals surface area contributed by atoms with Crippen LogP contribution in [0.3, 0.4) is 0 Å². The minimum atomic E-state index is 0.142. The summed E-state index contributed by atoms with van der Waals surface area (Å²) in [5, 5.41) is 0. The molecule has 1 aromatic heterocycles. The zero-order valence-corrected chi connectivity index (χ0v) is 16.3. The van der Waals surface area contributed by atoms with Crippen molar-refractivity contribution in [1.82, 2.24) is 9.88 Å². The summed E-state index contributed by atoms with van der Waals surface area (Å²) in [6.07, 6.45) is 5.88. The summed E-state index contributed by atoms with van der Waals surface area (Å²) in [7, 11) is 1.74. The van der Waals surface area contributed by atoms with Crippen molar-refractivity contribution in [2.45, 2.75) is 31.5 Å². The number of methoxy groups -OCH3 is 1. The molecular formula is C24H27N3O. The number of benzene rings is 2. The maximum Gasteiger partial charge on any atom is 0.123 e. The molecule has 0 saturated carbocycles. The van der Waals surface area contributed by atoms with Gasteiger partial charge in [-0.05, 0) is 48.7 Å². The van der Waals surface area contributed by atoms with Gasteiger partial charge < -0.3 is 10.5 Å². The Bertz CT molecular complexity index is 898. The Kier molecular flexibility index (Phi) is 5.70. The molecule has 2 atom stereocenters. The summed E-state index contributed by atoms with van der Waals surface area (Å²) in [6, 6.07) is 21.4. The number of hydrogen-bond donors (Lipinski definition) is 1. The molecule has 144 valence electrons. The van der Waals surface area contributed by atoms with E-state index >= 15 is 0 Å². The molecule has 0 spiro atoms. The van der Waals surface area contributed by atoms with Gasteiger partial charge in [0, 0.05) is 36.1 Å². The van der Waals surface area contributed by atoms with Crippen molar-refractivity contribution >= 4 is 0 Å². The number of nitrogens with two attached hydrogens (primary N) is 1. The van der Waals surface area contributed by atoms with Gasteiger partial charge in [-0.25, -0.2) is 0 Å². The molecule has 1 saturated heterocycles. The fourth-order valence-electron chi connectivity index (χ4n) is 4.22. The van der Waals surface area contributed by atoms with Gasteiger partial charge in [0.2, 0.25) is 0 Å². The summed E-state index contributed by atoms with van der Waals surface area (Å²) in [5.41, 5.74) is 11.3. The predicted octanol–water partition coefficient (Wildman–Crippen LogP) is 4.42. The molecule has 4 rings (SSSR count). The van der Waals surface area contributed by atoms with E-state index < -0.39 is 0 Å². The van der Waals surface area contributed by atoms with Gasteiger partial charge in [0.05, 0.1) is 13.2 Å². The van der Waals surface area contributed by atoms with Gasteiger partial charge >= 0.3 is 0 Å². The second-order valence-corrected chi connectivity index (χ2v) is 7.40. The fraction of sp³-hybridized carbons (Fsp3) is 0.292. The summed E-state index contributed by atoms with van der Waals surface area (Å²) >= 11 is 0. The highest BCUT2D eigenvalue weighted by Crippen LogP contribution is 2.34. The number of piperidine rings is 1. The highest BCUT2D eigenvalue weighted by atomic mass is 16.5. The number of rotatable bonds is 5. The summed E-state index contributed by atoms with van der Waals surface area (Å²) in [4.78, 5) is 6.75. The Morgan fingerprint density at radius 3 is 2.68 bits per heavy atom. The zero-order chi connectivity index (χ0) is 19.3. The van der Waals surface area contributed by atoms with Gasteiger partial charge in [-0.2, -0.15) is 0 Å². The number of pyridine rings is 1. The smallest absolute Gasteiger partial charge is 0.123 e. The molecule has 2 N–H and O–H groups in total. The predicted molar refractivity (Wildman–Crippen MR) is 113 cm³/mol. The van der Waals surface area contributed by atoms with E-state index in [0.717, 1.165) is 42.8 Å². The van der Waals surface area contributed by atoms with Crippen molar-refractivity contribution < 1.29 is 4.74 Å². The quantitative estimate of drug-likeness (QED) is 0.719. The second-order valence-electron chi connectivity index (χ2n) is 7.40. The molecule has 4 nitrogen and oxygen atoms in total. The van der Waals surface area contributed by atoms with E-state index in [1.165, 1.54) is 11.1 Å². The lowest BCUT2D eigenvalue weighted by molar-refractivity contribution is 0.119. The number of likely N-dealkylation sites (tertiary alicyclic amines) is 1. The van der Waals surface area contributed by atoms with Crippen LogP contribution >= 0.6 is 0 Å². The average Bonchev–Trinajstić information content (AvgIpc) is 2.75. The summed E-state index contributed by atoms with van der Waals surface area (Å²) in [5.74, 6) is 0.915. The van der Waals surface area contributed by atoms with Crippen LogP contribution in [0.25, 0.3) is 11.1 Å². The Hall–Kier alpha value is -2.69. The first-order valence-corrected chi connectivity index (χ1v) is 9.88. The molecule has 28 heavy (non-hydrogen) atoms. The second kappa shape index (κ2) is 8.55. The van der Waals surface area contributed by atoms with Gasteiger partial charge in [0.25, 0.3) is 0 Å². The largest absolute Gasteiger partial charge is 0.496 e. The molecule has 2 heterocycles. The zero-order valence-electron chi connectivity index (χ0n) is 16.3. The van der Waals surface area contributed by atoms with E-state index in [4.69, 9.17) is 10.5 Å². The lowest BCUT2D eigenvalue weighted by Crippen LogP contribution is -2.45. The highest BCUT2D eigenvalue weighted by Gasteiger charge is 2.30. The molecule has 3 aromatic rings. The van der Waals surface area contributed by atoms with Crippen LogP contribution in [-0.4, -0.2) is 29.6 Å². The molecule has 2 aromatic carbocycles. The third-order valence-electron chi connectivity index (χ3n) is 5.57. The van der Waals surface area contributed by atoms with Crippen LogP contribution < -0.4 is 10.5 Å². The Morgan fingerprint density at radius 1 is 1.07 bits per heavy atom. The normalized spacial score (nSPS) is 20.1. The fourth-order valence-corrected chi connectivity index (χ4v) is 4.22. The number of ether oxygens (including phenoxy) is 1. The Balaban J connectivity index is 1.66. The molecule has 0 unspecified atom stereocenters. The lowest BCUT2D eigenvalue weighted by Gasteiger charge is -2.40. The maximum atomic E-state index is 6.57. The molecule has 0 bridgehead atoms. The summed E-state index contributed by atoms with van der Waals surface area (Å²) < 4.78 is 5.67. The van der Waals surface area contributed by atoms with Crippen molar-refractivity contribution in [3.63, 3.8) is 0 Å². The third kappa shape index (κ3) is 3.93. The average molecular weight is 374 g/mol. The van der Waals surface area contributed by atoms with Gasteiger partial charge in [-0.3, -0.25) is 9.88 Å². The minimum Gasteiger partial charge on any atom is -0.496 e. The van der Waals surface area contributed by atoms with Crippen molar-refractivity contribution in [3.05, 3.63) is 84.2 Å². The van der Waals surface area contributed by atoms with Gasteiger partial charge in [-0.1, -0.05) is 42.5 Å². The molecule has 0 aliphatic carbocycles. The molecule has 0 amide bonds. The standard InChI is InChI=1S/C24H27N3O/c1-28-23-12-11-19(20-9-5-13-26-16-20)15-21(23)17-27-14-6-10-22(25)24(27)18-7-3-2-4-8-18/h2-5,7-9,11-13,15-16,22,24H,6,10,14,17,25H2,1H3/t22-,24-/m0/s1. The van der Waals surface area contributed by atoms with E-state index in [-0.39, 0.29) is 12.1 Å². The first-order chi connectivity index (χ1) is 13.8. The first-order valence-electron chi connectivity index (χ1n) is 9.88. The molecule has 0 radical (unpaired) electrons. The van der Waals surface area contributed by atoms with Crippen molar-refractivity contribution in [1.29, 1.82) is 0 Å². The molecular weight excluding hydrogens is 346 g/mol. The van der Waals surface area contributed by atoms with Crippen molar-refractivity contribution in [2.24, 2.45) is 5.73 Å². The van der Waals surface area contributed by atoms with E-state index in [2.05, 4.69) is 64.5 Å². The van der Waals surface area contributed by atoms with Crippen LogP contribution in [0.4, 0.5) is 0 Å². The first kappa shape index (κ1) is 18.7. The van der Waals surface area contributed by atoms with E-state index in [1.54, 1.807) is 13.3 Å². The highest BCUT2D eigenvalue weighted by molar-refractivity contribution is 5.64. The van der Waals surface area contributed by atoms with Crippen LogP contribution in [0.5, 0.6) is 5.75 Å². The molecule has 1 fully saturated rings. The monoisotopic (exact) mass is 373 g/mol. The number of hydrogen-bond acceptors (Lipinski definition) is 4. The Morgan fingerprint density at radius 2 is 1.93 bits per heavy atom. The van der Waals surface area contributed by atoms with Crippen molar-refractivity contribution in [3.8, 4) is 16.9 Å². The topological polar surface area (TPSA) is 51.4 Å². The van der Waals surface area contributed by atoms with E-state index in [9.17, 15) is 0 Å². The maximum absolute atomic E-state index is 6.57. The Labute approximate surface area is 167 Å². The number of nitrogens with zero attached hydrogens (tertiary/aromatic N) is 2. The van der Waals surface area contributed by atoms with Crippen LogP contribution in [0.2, 0.25) is 0 Å². The van der Waals surface area contributed by atoms with Crippen LogP contribution in [0.15, 0.2) is 73.1 Å². The summed E-state index contributed by atoms with van der Waals surface area (Å²) in [6.45, 7) is 1.85. The molecule has 4 heteroatoms. The molecule has 1 aliphatic rings. The van der Waals surface area contributed by atoms with Gasteiger partial charge in [0.1, 0.15) is 5.75 Å². The van der Waals surface area contributed by atoms with E-state index in [0.29, 0.717) is 0 Å². The van der Waals surface area contributed by atoms with Gasteiger partial charge in [-0.15, -0.1) is 0 Å².